The Bertz CT molecular complexity index is 542. The van der Waals surface area contributed by atoms with Gasteiger partial charge in [-0.1, -0.05) is 6.07 Å². The molecule has 0 spiro atoms. The van der Waals surface area contributed by atoms with Gasteiger partial charge in [0.25, 0.3) is 0 Å². The largest absolute Gasteiger partial charge is 0.310 e. The van der Waals surface area contributed by atoms with Crippen molar-refractivity contribution in [3.63, 3.8) is 0 Å². The Morgan fingerprint density at radius 3 is 3.00 bits per heavy atom. The average molecular weight is 295 g/mol. The number of rotatable bonds is 6. The highest BCUT2D eigenvalue weighted by Gasteiger charge is 2.07. The predicted octanol–water partition coefficient (Wildman–Crippen LogP) is 2.06. The van der Waals surface area contributed by atoms with Gasteiger partial charge in [0.1, 0.15) is 5.01 Å². The zero-order valence-corrected chi connectivity index (χ0v) is 12.6. The van der Waals surface area contributed by atoms with Crippen molar-refractivity contribution in [2.45, 2.75) is 18.7 Å². The van der Waals surface area contributed by atoms with Crippen molar-refractivity contribution < 1.29 is 4.21 Å². The summed E-state index contributed by atoms with van der Waals surface area (Å²) in [6, 6.07) is 5.81. The summed E-state index contributed by atoms with van der Waals surface area (Å²) in [6.07, 6.45) is 3.50. The maximum absolute atomic E-state index is 11.2. The van der Waals surface area contributed by atoms with Crippen molar-refractivity contribution in [2.75, 3.05) is 12.8 Å². The molecule has 0 saturated carbocycles. The molecule has 2 rings (SSSR count). The van der Waals surface area contributed by atoms with Crippen molar-refractivity contribution in [3.05, 3.63) is 35.5 Å². The van der Waals surface area contributed by atoms with Crippen LogP contribution in [0.25, 0.3) is 10.7 Å². The lowest BCUT2D eigenvalue weighted by atomic mass is 10.3. The fraction of sp³-hybridized carbons (Fsp3) is 0.385. The van der Waals surface area contributed by atoms with Gasteiger partial charge < -0.3 is 5.32 Å². The molecule has 1 N–H and O–H groups in total. The van der Waals surface area contributed by atoms with Crippen LogP contribution in [-0.2, 0) is 17.3 Å². The first kappa shape index (κ1) is 14.3. The zero-order valence-electron chi connectivity index (χ0n) is 11.0. The van der Waals surface area contributed by atoms with Crippen LogP contribution in [0.3, 0.4) is 0 Å². The van der Waals surface area contributed by atoms with E-state index in [2.05, 4.69) is 15.3 Å². The summed E-state index contributed by atoms with van der Waals surface area (Å²) >= 11 is 1.59. The number of pyridine rings is 1. The predicted molar refractivity (Wildman–Crippen MR) is 80.6 cm³/mol. The molecule has 6 heteroatoms. The van der Waals surface area contributed by atoms with Crippen LogP contribution in [-0.4, -0.2) is 32.2 Å². The summed E-state index contributed by atoms with van der Waals surface area (Å²) in [5.41, 5.74) is 1.90. The third kappa shape index (κ3) is 4.19. The monoisotopic (exact) mass is 295 g/mol. The number of hydrogen-bond acceptors (Lipinski definition) is 5. The molecule has 0 aliphatic heterocycles. The van der Waals surface area contributed by atoms with Crippen LogP contribution in [0.2, 0.25) is 0 Å². The van der Waals surface area contributed by atoms with Gasteiger partial charge in [-0.2, -0.15) is 0 Å². The fourth-order valence-corrected chi connectivity index (χ4v) is 2.66. The van der Waals surface area contributed by atoms with E-state index in [1.807, 2.05) is 30.5 Å². The molecule has 0 bridgehead atoms. The molecule has 0 aliphatic carbocycles. The van der Waals surface area contributed by atoms with Gasteiger partial charge in [-0.3, -0.25) is 9.19 Å². The molecule has 102 valence electrons. The maximum Gasteiger partial charge on any atom is 0.142 e. The van der Waals surface area contributed by atoms with E-state index in [0.717, 1.165) is 22.9 Å². The molecule has 0 fully saturated rings. The molecule has 2 aromatic heterocycles. The van der Waals surface area contributed by atoms with Crippen LogP contribution in [0, 0.1) is 0 Å². The molecule has 0 aliphatic rings. The van der Waals surface area contributed by atoms with Crippen molar-refractivity contribution in [2.24, 2.45) is 0 Å². The standard InChI is InChI=1S/C13H17N3OS2/c1-10(19(2)17)7-14-8-11-9-18-13(16-11)12-5-3-4-6-15-12/h3-6,9-10,14H,7-8H2,1-2H3. The first-order chi connectivity index (χ1) is 9.16. The normalized spacial score (nSPS) is 14.2. The topological polar surface area (TPSA) is 54.9 Å². The molecule has 0 radical (unpaired) electrons. The van der Waals surface area contributed by atoms with Crippen LogP contribution in [0.5, 0.6) is 0 Å². The number of thiazole rings is 1. The summed E-state index contributed by atoms with van der Waals surface area (Å²) < 4.78 is 11.2. The van der Waals surface area contributed by atoms with Crippen LogP contribution in [0.1, 0.15) is 12.6 Å². The van der Waals surface area contributed by atoms with Gasteiger partial charge in [-0.05, 0) is 19.1 Å². The number of hydrogen-bond donors (Lipinski definition) is 1. The van der Waals surface area contributed by atoms with E-state index in [1.54, 1.807) is 23.8 Å². The Labute approximate surface area is 119 Å². The van der Waals surface area contributed by atoms with Crippen LogP contribution < -0.4 is 5.32 Å². The highest BCUT2D eigenvalue weighted by Crippen LogP contribution is 2.21. The second-order valence-electron chi connectivity index (χ2n) is 4.30. The van der Waals surface area contributed by atoms with E-state index in [9.17, 15) is 4.21 Å². The first-order valence-electron chi connectivity index (χ1n) is 6.05. The molecule has 4 nitrogen and oxygen atoms in total. The van der Waals surface area contributed by atoms with Gasteiger partial charge >= 0.3 is 0 Å². The Balaban J connectivity index is 1.90. The Hall–Kier alpha value is -1.11. The lowest BCUT2D eigenvalue weighted by Crippen LogP contribution is -2.27. The molecular weight excluding hydrogens is 278 g/mol. The SMILES string of the molecule is CC(CNCc1csc(-c2ccccn2)n1)S(C)=O. The van der Waals surface area contributed by atoms with Crippen LogP contribution in [0.4, 0.5) is 0 Å². The molecule has 2 heterocycles. The highest BCUT2D eigenvalue weighted by molar-refractivity contribution is 7.84. The molecule has 2 aromatic rings. The maximum atomic E-state index is 11.2. The fourth-order valence-electron chi connectivity index (χ4n) is 1.52. The smallest absolute Gasteiger partial charge is 0.142 e. The Kier molecular flexibility index (Phi) is 5.18. The van der Waals surface area contributed by atoms with Crippen molar-refractivity contribution in [3.8, 4) is 10.7 Å². The highest BCUT2D eigenvalue weighted by atomic mass is 32.2. The second kappa shape index (κ2) is 6.88. The van der Waals surface area contributed by atoms with E-state index in [4.69, 9.17) is 0 Å². The molecule has 0 aromatic carbocycles. The van der Waals surface area contributed by atoms with Gasteiger partial charge in [-0.15, -0.1) is 11.3 Å². The van der Waals surface area contributed by atoms with Gasteiger partial charge in [0, 0.05) is 47.0 Å². The Morgan fingerprint density at radius 2 is 2.32 bits per heavy atom. The summed E-state index contributed by atoms with van der Waals surface area (Å²) in [5.74, 6) is 0. The van der Waals surface area contributed by atoms with E-state index in [0.29, 0.717) is 6.54 Å². The lowest BCUT2D eigenvalue weighted by Gasteiger charge is -2.08. The minimum absolute atomic E-state index is 0.161. The Morgan fingerprint density at radius 1 is 1.47 bits per heavy atom. The van der Waals surface area contributed by atoms with Crippen molar-refractivity contribution in [1.82, 2.24) is 15.3 Å². The minimum atomic E-state index is -0.783. The molecule has 0 saturated heterocycles. The third-order valence-corrected chi connectivity index (χ3v) is 4.95. The number of nitrogens with zero attached hydrogens (tertiary/aromatic N) is 2. The van der Waals surface area contributed by atoms with Gasteiger partial charge in [0.2, 0.25) is 0 Å². The van der Waals surface area contributed by atoms with Gasteiger partial charge in [0.15, 0.2) is 0 Å². The van der Waals surface area contributed by atoms with E-state index < -0.39 is 10.8 Å². The summed E-state index contributed by atoms with van der Waals surface area (Å²) in [4.78, 5) is 8.82. The summed E-state index contributed by atoms with van der Waals surface area (Å²) in [6.45, 7) is 3.41. The van der Waals surface area contributed by atoms with Gasteiger partial charge in [0.05, 0.1) is 11.4 Å². The third-order valence-electron chi connectivity index (χ3n) is 2.74. The number of aromatic nitrogens is 2. The molecule has 19 heavy (non-hydrogen) atoms. The summed E-state index contributed by atoms with van der Waals surface area (Å²) in [5, 5.41) is 6.41. The van der Waals surface area contributed by atoms with E-state index in [-0.39, 0.29) is 5.25 Å². The lowest BCUT2D eigenvalue weighted by molar-refractivity contribution is 0.643. The van der Waals surface area contributed by atoms with Crippen molar-refractivity contribution in [1.29, 1.82) is 0 Å². The molecule has 2 atom stereocenters. The molecule has 0 amide bonds. The van der Waals surface area contributed by atoms with Crippen molar-refractivity contribution >= 4 is 22.1 Å². The first-order valence-corrected chi connectivity index (χ1v) is 8.55. The van der Waals surface area contributed by atoms with Gasteiger partial charge in [-0.25, -0.2) is 4.98 Å². The number of nitrogens with one attached hydrogen (secondary N) is 1. The average Bonchev–Trinajstić information content (AvgIpc) is 2.88. The van der Waals surface area contributed by atoms with Crippen LogP contribution in [0.15, 0.2) is 29.8 Å². The quantitative estimate of drug-likeness (QED) is 0.886. The van der Waals surface area contributed by atoms with Crippen LogP contribution >= 0.6 is 11.3 Å². The summed E-state index contributed by atoms with van der Waals surface area (Å²) in [7, 11) is -0.783. The molecular formula is C13H17N3OS2. The van der Waals surface area contributed by atoms with E-state index in [1.165, 1.54) is 0 Å². The minimum Gasteiger partial charge on any atom is -0.310 e. The molecule has 2 unspecified atom stereocenters. The second-order valence-corrected chi connectivity index (χ2v) is 6.96. The zero-order chi connectivity index (χ0) is 13.7. The van der Waals surface area contributed by atoms with E-state index >= 15 is 0 Å².